The first kappa shape index (κ1) is 16.2. The van der Waals surface area contributed by atoms with Crippen LogP contribution in [0.2, 0.25) is 0 Å². The first-order valence-electron chi connectivity index (χ1n) is 7.05. The minimum absolute atomic E-state index is 0.172. The van der Waals surface area contributed by atoms with Gasteiger partial charge in [-0.3, -0.25) is 0 Å². The Morgan fingerprint density at radius 2 is 1.92 bits per heavy atom. The van der Waals surface area contributed by atoms with Crippen LogP contribution >= 0.6 is 11.8 Å². The van der Waals surface area contributed by atoms with Crippen LogP contribution in [0.3, 0.4) is 0 Å². The summed E-state index contributed by atoms with van der Waals surface area (Å²) in [7, 11) is 1.30. The number of thioether (sulfide) groups is 1. The van der Waals surface area contributed by atoms with E-state index in [2.05, 4.69) is 14.9 Å². The molecular formula is C17H13FN2O3S. The highest BCUT2D eigenvalue weighted by atomic mass is 32.2. The highest BCUT2D eigenvalue weighted by Gasteiger charge is 2.11. The molecule has 5 nitrogen and oxygen atoms in total. The number of rotatable bonds is 5. The number of aromatic nitrogens is 2. The van der Waals surface area contributed by atoms with Gasteiger partial charge in [0.1, 0.15) is 16.6 Å². The fraction of sp³-hybridized carbons (Fsp3) is 0.118. The minimum atomic E-state index is -0.505. The molecule has 0 aliphatic heterocycles. The van der Waals surface area contributed by atoms with Gasteiger partial charge in [-0.05, 0) is 48.5 Å². The normalized spacial score (nSPS) is 10.6. The van der Waals surface area contributed by atoms with Gasteiger partial charge in [-0.25, -0.2) is 9.18 Å². The summed E-state index contributed by atoms with van der Waals surface area (Å²) in [6.45, 7) is 0. The standard InChI is InChI=1S/C17H13FN2O3S/c1-22-17(21)15-8-6-13(23-15)10-24-16-9-7-14(19-20-16)11-2-4-12(18)5-3-11/h2-9H,10H2,1H3. The predicted octanol–water partition coefficient (Wildman–Crippen LogP) is 3.95. The molecule has 7 heteroatoms. The van der Waals surface area contributed by atoms with Crippen LogP contribution in [0.25, 0.3) is 11.3 Å². The van der Waals surface area contributed by atoms with Gasteiger partial charge < -0.3 is 9.15 Å². The van der Waals surface area contributed by atoms with Gasteiger partial charge >= 0.3 is 5.97 Å². The number of carbonyl (C=O) groups is 1. The first-order chi connectivity index (χ1) is 11.7. The quantitative estimate of drug-likeness (QED) is 0.516. The summed E-state index contributed by atoms with van der Waals surface area (Å²) in [6, 6.07) is 13.0. The number of benzene rings is 1. The van der Waals surface area contributed by atoms with Crippen LogP contribution in [-0.4, -0.2) is 23.3 Å². The highest BCUT2D eigenvalue weighted by molar-refractivity contribution is 7.98. The molecule has 0 fully saturated rings. The molecule has 2 aromatic heterocycles. The van der Waals surface area contributed by atoms with E-state index in [0.29, 0.717) is 17.2 Å². The molecule has 2 heterocycles. The fourth-order valence-corrected chi connectivity index (χ4v) is 2.69. The number of halogens is 1. The number of ether oxygens (including phenoxy) is 1. The summed E-state index contributed by atoms with van der Waals surface area (Å²) in [5.74, 6) is 0.538. The lowest BCUT2D eigenvalue weighted by atomic mass is 10.1. The number of methoxy groups -OCH3 is 1. The summed E-state index contributed by atoms with van der Waals surface area (Å²) in [5, 5.41) is 9.00. The van der Waals surface area contributed by atoms with Gasteiger partial charge in [-0.1, -0.05) is 11.8 Å². The second-order valence-corrected chi connectivity index (χ2v) is 5.81. The van der Waals surface area contributed by atoms with Crippen molar-refractivity contribution in [3.63, 3.8) is 0 Å². The Balaban J connectivity index is 1.63. The van der Waals surface area contributed by atoms with Crippen molar-refractivity contribution in [2.45, 2.75) is 10.8 Å². The molecule has 0 saturated heterocycles. The molecule has 3 aromatic rings. The molecule has 0 aliphatic carbocycles. The summed E-state index contributed by atoms with van der Waals surface area (Å²) in [5.41, 5.74) is 1.47. The Bertz CT molecular complexity index is 832. The van der Waals surface area contributed by atoms with Crippen LogP contribution in [0.5, 0.6) is 0 Å². The SMILES string of the molecule is COC(=O)c1ccc(CSc2ccc(-c3ccc(F)cc3)nn2)o1. The summed E-state index contributed by atoms with van der Waals surface area (Å²) in [4.78, 5) is 11.3. The van der Waals surface area contributed by atoms with Crippen molar-refractivity contribution in [3.8, 4) is 11.3 Å². The van der Waals surface area contributed by atoms with Gasteiger partial charge in [0.15, 0.2) is 0 Å². The number of nitrogens with zero attached hydrogens (tertiary/aromatic N) is 2. The van der Waals surface area contributed by atoms with Crippen LogP contribution < -0.4 is 0 Å². The maximum absolute atomic E-state index is 12.9. The van der Waals surface area contributed by atoms with Crippen molar-refractivity contribution in [1.82, 2.24) is 10.2 Å². The lowest BCUT2D eigenvalue weighted by Gasteiger charge is -2.02. The van der Waals surface area contributed by atoms with E-state index >= 15 is 0 Å². The molecule has 0 saturated carbocycles. The molecule has 0 amide bonds. The second-order valence-electron chi connectivity index (χ2n) is 4.81. The van der Waals surface area contributed by atoms with E-state index in [9.17, 15) is 9.18 Å². The van der Waals surface area contributed by atoms with E-state index in [1.165, 1.54) is 31.0 Å². The van der Waals surface area contributed by atoms with Gasteiger partial charge in [-0.2, -0.15) is 0 Å². The Hall–Kier alpha value is -2.67. The van der Waals surface area contributed by atoms with Crippen molar-refractivity contribution in [1.29, 1.82) is 0 Å². The fourth-order valence-electron chi connectivity index (χ4n) is 1.98. The van der Waals surface area contributed by atoms with Crippen LogP contribution in [0.15, 0.2) is 58.0 Å². The summed E-state index contributed by atoms with van der Waals surface area (Å²) < 4.78 is 22.9. The molecule has 1 aromatic carbocycles. The maximum Gasteiger partial charge on any atom is 0.373 e. The Morgan fingerprint density at radius 1 is 1.12 bits per heavy atom. The molecule has 0 bridgehead atoms. The molecule has 3 rings (SSSR count). The zero-order valence-corrected chi connectivity index (χ0v) is 13.5. The smallest absolute Gasteiger partial charge is 0.373 e. The Labute approximate surface area is 141 Å². The Kier molecular flexibility index (Phi) is 4.90. The summed E-state index contributed by atoms with van der Waals surface area (Å²) in [6.07, 6.45) is 0. The Morgan fingerprint density at radius 3 is 2.58 bits per heavy atom. The molecule has 122 valence electrons. The third kappa shape index (κ3) is 3.80. The third-order valence-corrected chi connectivity index (χ3v) is 4.13. The molecule has 0 unspecified atom stereocenters. The molecule has 0 N–H and O–H groups in total. The predicted molar refractivity (Wildman–Crippen MR) is 87.0 cm³/mol. The molecule has 24 heavy (non-hydrogen) atoms. The van der Waals surface area contributed by atoms with Crippen LogP contribution in [0.4, 0.5) is 4.39 Å². The van der Waals surface area contributed by atoms with Crippen LogP contribution in [0, 0.1) is 5.82 Å². The molecule has 0 aliphatic rings. The summed E-state index contributed by atoms with van der Waals surface area (Å²) >= 11 is 1.43. The molecule has 0 radical (unpaired) electrons. The average molecular weight is 344 g/mol. The van der Waals surface area contributed by atoms with Crippen molar-refractivity contribution in [2.24, 2.45) is 0 Å². The van der Waals surface area contributed by atoms with Crippen molar-refractivity contribution < 1.29 is 18.3 Å². The van der Waals surface area contributed by atoms with E-state index < -0.39 is 5.97 Å². The largest absolute Gasteiger partial charge is 0.463 e. The van der Waals surface area contributed by atoms with Crippen molar-refractivity contribution >= 4 is 17.7 Å². The minimum Gasteiger partial charge on any atom is -0.463 e. The zero-order chi connectivity index (χ0) is 16.9. The van der Waals surface area contributed by atoms with E-state index in [0.717, 1.165) is 10.6 Å². The third-order valence-electron chi connectivity index (χ3n) is 3.19. The maximum atomic E-state index is 12.9. The van der Waals surface area contributed by atoms with Crippen LogP contribution in [0.1, 0.15) is 16.3 Å². The van der Waals surface area contributed by atoms with Crippen molar-refractivity contribution in [2.75, 3.05) is 7.11 Å². The zero-order valence-electron chi connectivity index (χ0n) is 12.7. The van der Waals surface area contributed by atoms with Gasteiger partial charge in [0.2, 0.25) is 5.76 Å². The van der Waals surface area contributed by atoms with Crippen LogP contribution in [-0.2, 0) is 10.5 Å². The number of esters is 1. The highest BCUT2D eigenvalue weighted by Crippen LogP contribution is 2.24. The lowest BCUT2D eigenvalue weighted by molar-refractivity contribution is 0.0563. The van der Waals surface area contributed by atoms with Gasteiger partial charge in [0, 0.05) is 5.56 Å². The first-order valence-corrected chi connectivity index (χ1v) is 8.04. The van der Waals surface area contributed by atoms with E-state index in [1.54, 1.807) is 24.3 Å². The molecule has 0 atom stereocenters. The van der Waals surface area contributed by atoms with Gasteiger partial charge in [0.05, 0.1) is 18.6 Å². The lowest BCUT2D eigenvalue weighted by Crippen LogP contribution is -1.98. The second kappa shape index (κ2) is 7.27. The van der Waals surface area contributed by atoms with Gasteiger partial charge in [0.25, 0.3) is 0 Å². The number of hydrogen-bond donors (Lipinski definition) is 0. The number of hydrogen-bond acceptors (Lipinski definition) is 6. The topological polar surface area (TPSA) is 65.2 Å². The molecule has 0 spiro atoms. The van der Waals surface area contributed by atoms with E-state index in [-0.39, 0.29) is 11.6 Å². The van der Waals surface area contributed by atoms with E-state index in [4.69, 9.17) is 4.42 Å². The van der Waals surface area contributed by atoms with E-state index in [1.807, 2.05) is 12.1 Å². The molecular weight excluding hydrogens is 331 g/mol. The number of carbonyl (C=O) groups excluding carboxylic acids is 1. The monoisotopic (exact) mass is 344 g/mol. The van der Waals surface area contributed by atoms with Crippen molar-refractivity contribution in [3.05, 3.63) is 65.9 Å². The average Bonchev–Trinajstić information content (AvgIpc) is 3.09. The van der Waals surface area contributed by atoms with Gasteiger partial charge in [-0.15, -0.1) is 10.2 Å². The number of furan rings is 1.